The normalized spacial score (nSPS) is 15.3. The Labute approximate surface area is 179 Å². The highest BCUT2D eigenvalue weighted by Crippen LogP contribution is 2.14. The molecule has 1 heterocycles. The third-order valence-electron chi connectivity index (χ3n) is 5.33. The summed E-state index contributed by atoms with van der Waals surface area (Å²) in [5.74, 6) is -0.308. The molecule has 0 bridgehead atoms. The van der Waals surface area contributed by atoms with E-state index in [1.54, 1.807) is 0 Å². The zero-order valence-corrected chi connectivity index (χ0v) is 18.4. The minimum atomic E-state index is -3.50. The fraction of sp³-hybridized carbons (Fsp3) is 0.435. The standard InChI is InChI=1S/C23H31N3O3S/c1-30(28,29)26(18-20-9-4-2-5-10-20)19-23(27)24-16-21-11-8-12-22(15-21)17-25-13-6-3-7-14-25/h2,4-5,8-12,15H,3,6-7,13-14,16-19H2,1H3,(H,24,27). The van der Waals surface area contributed by atoms with Gasteiger partial charge in [0.25, 0.3) is 0 Å². The molecule has 0 radical (unpaired) electrons. The molecule has 1 amide bonds. The summed E-state index contributed by atoms with van der Waals surface area (Å²) in [6.45, 7) is 3.59. The number of benzene rings is 2. The molecule has 1 N–H and O–H groups in total. The molecule has 0 saturated carbocycles. The zero-order valence-electron chi connectivity index (χ0n) is 17.6. The lowest BCUT2D eigenvalue weighted by molar-refractivity contribution is -0.121. The quantitative estimate of drug-likeness (QED) is 0.666. The van der Waals surface area contributed by atoms with Gasteiger partial charge in [0.15, 0.2) is 0 Å². The van der Waals surface area contributed by atoms with E-state index in [0.717, 1.165) is 37.0 Å². The van der Waals surface area contributed by atoms with E-state index in [-0.39, 0.29) is 19.0 Å². The highest BCUT2D eigenvalue weighted by molar-refractivity contribution is 7.88. The molecule has 0 atom stereocenters. The van der Waals surface area contributed by atoms with Gasteiger partial charge in [-0.2, -0.15) is 4.31 Å². The minimum absolute atomic E-state index is 0.179. The number of hydrogen-bond acceptors (Lipinski definition) is 4. The predicted octanol–water partition coefficient (Wildman–Crippen LogP) is 2.75. The molecule has 1 fully saturated rings. The van der Waals surface area contributed by atoms with Crippen LogP contribution in [0.1, 0.15) is 36.0 Å². The first kappa shape index (κ1) is 22.5. The molecule has 0 aliphatic carbocycles. The second kappa shape index (κ2) is 10.7. The molecule has 30 heavy (non-hydrogen) atoms. The molecule has 162 valence electrons. The largest absolute Gasteiger partial charge is 0.351 e. The fourth-order valence-corrected chi connectivity index (χ4v) is 4.44. The number of carbonyl (C=O) groups is 1. The van der Waals surface area contributed by atoms with Crippen molar-refractivity contribution in [3.8, 4) is 0 Å². The van der Waals surface area contributed by atoms with Crippen molar-refractivity contribution < 1.29 is 13.2 Å². The number of hydrogen-bond donors (Lipinski definition) is 1. The van der Waals surface area contributed by atoms with Crippen LogP contribution in [0.3, 0.4) is 0 Å². The lowest BCUT2D eigenvalue weighted by Gasteiger charge is -2.26. The second-order valence-electron chi connectivity index (χ2n) is 7.95. The summed E-state index contributed by atoms with van der Waals surface area (Å²) < 4.78 is 25.4. The highest BCUT2D eigenvalue weighted by atomic mass is 32.2. The summed E-state index contributed by atoms with van der Waals surface area (Å²) >= 11 is 0. The number of likely N-dealkylation sites (tertiary alicyclic amines) is 1. The molecule has 1 aliphatic heterocycles. The summed E-state index contributed by atoms with van der Waals surface area (Å²) in [7, 11) is -3.50. The van der Waals surface area contributed by atoms with Gasteiger partial charge in [-0.1, -0.05) is 61.0 Å². The molecule has 7 heteroatoms. The third-order valence-corrected chi connectivity index (χ3v) is 6.52. The van der Waals surface area contributed by atoms with Crippen LogP contribution in [-0.2, 0) is 34.5 Å². The molecule has 0 unspecified atom stereocenters. The number of nitrogens with one attached hydrogen (secondary N) is 1. The van der Waals surface area contributed by atoms with Gasteiger partial charge >= 0.3 is 0 Å². The second-order valence-corrected chi connectivity index (χ2v) is 9.93. The van der Waals surface area contributed by atoms with Crippen LogP contribution in [0.5, 0.6) is 0 Å². The van der Waals surface area contributed by atoms with Crippen LogP contribution in [0.15, 0.2) is 54.6 Å². The number of piperidine rings is 1. The number of sulfonamides is 1. The van der Waals surface area contributed by atoms with E-state index >= 15 is 0 Å². The summed E-state index contributed by atoms with van der Waals surface area (Å²) in [6, 6.07) is 17.5. The van der Waals surface area contributed by atoms with Gasteiger partial charge in [0.05, 0.1) is 12.8 Å². The molecule has 3 rings (SSSR count). The number of nitrogens with zero attached hydrogens (tertiary/aromatic N) is 2. The lowest BCUT2D eigenvalue weighted by atomic mass is 10.1. The number of rotatable bonds is 9. The van der Waals surface area contributed by atoms with Gasteiger partial charge in [-0.25, -0.2) is 8.42 Å². The van der Waals surface area contributed by atoms with Crippen molar-refractivity contribution in [1.29, 1.82) is 0 Å². The van der Waals surface area contributed by atoms with Crippen molar-refractivity contribution in [1.82, 2.24) is 14.5 Å². The van der Waals surface area contributed by atoms with Gasteiger partial charge < -0.3 is 5.32 Å². The van der Waals surface area contributed by atoms with E-state index in [1.807, 2.05) is 42.5 Å². The van der Waals surface area contributed by atoms with E-state index in [0.29, 0.717) is 6.54 Å². The van der Waals surface area contributed by atoms with E-state index in [4.69, 9.17) is 0 Å². The zero-order chi connectivity index (χ0) is 21.4. The van der Waals surface area contributed by atoms with Crippen LogP contribution in [0.4, 0.5) is 0 Å². The predicted molar refractivity (Wildman–Crippen MR) is 119 cm³/mol. The Morgan fingerprint density at radius 3 is 2.33 bits per heavy atom. The highest BCUT2D eigenvalue weighted by Gasteiger charge is 2.20. The van der Waals surface area contributed by atoms with E-state index in [2.05, 4.69) is 22.3 Å². The Hall–Kier alpha value is -2.22. The number of amides is 1. The van der Waals surface area contributed by atoms with E-state index < -0.39 is 10.0 Å². The van der Waals surface area contributed by atoms with Crippen LogP contribution in [0.2, 0.25) is 0 Å². The first-order chi connectivity index (χ1) is 14.4. The van der Waals surface area contributed by atoms with Crippen molar-refractivity contribution in [2.45, 2.75) is 38.9 Å². The molecule has 0 aromatic heterocycles. The molecule has 2 aromatic rings. The molecule has 1 aliphatic rings. The molecule has 1 saturated heterocycles. The Bertz CT molecular complexity index is 926. The molecular formula is C23H31N3O3S. The first-order valence-corrected chi connectivity index (χ1v) is 12.3. The smallest absolute Gasteiger partial charge is 0.235 e. The van der Waals surface area contributed by atoms with Crippen molar-refractivity contribution in [2.75, 3.05) is 25.9 Å². The molecular weight excluding hydrogens is 398 g/mol. The van der Waals surface area contributed by atoms with Crippen molar-refractivity contribution in [3.63, 3.8) is 0 Å². The van der Waals surface area contributed by atoms with Gasteiger partial charge in [-0.15, -0.1) is 0 Å². The maximum atomic E-state index is 12.4. The van der Waals surface area contributed by atoms with Crippen molar-refractivity contribution >= 4 is 15.9 Å². The Morgan fingerprint density at radius 1 is 0.967 bits per heavy atom. The Balaban J connectivity index is 1.54. The van der Waals surface area contributed by atoms with Crippen LogP contribution >= 0.6 is 0 Å². The Morgan fingerprint density at radius 2 is 1.63 bits per heavy atom. The minimum Gasteiger partial charge on any atom is -0.351 e. The van der Waals surface area contributed by atoms with Gasteiger partial charge in [0.1, 0.15) is 0 Å². The van der Waals surface area contributed by atoms with Crippen LogP contribution < -0.4 is 5.32 Å². The maximum absolute atomic E-state index is 12.4. The van der Waals surface area contributed by atoms with E-state index in [9.17, 15) is 13.2 Å². The Kier molecular flexibility index (Phi) is 8.01. The first-order valence-electron chi connectivity index (χ1n) is 10.5. The van der Waals surface area contributed by atoms with Crippen LogP contribution in [-0.4, -0.2) is 49.4 Å². The van der Waals surface area contributed by atoms with Crippen LogP contribution in [0.25, 0.3) is 0 Å². The molecule has 2 aromatic carbocycles. The van der Waals surface area contributed by atoms with Gasteiger partial charge in [0, 0.05) is 19.6 Å². The summed E-state index contributed by atoms with van der Waals surface area (Å²) in [4.78, 5) is 14.9. The summed E-state index contributed by atoms with van der Waals surface area (Å²) in [5.41, 5.74) is 3.11. The number of carbonyl (C=O) groups excluding carboxylic acids is 1. The van der Waals surface area contributed by atoms with Crippen molar-refractivity contribution in [2.24, 2.45) is 0 Å². The van der Waals surface area contributed by atoms with Gasteiger partial charge in [-0.3, -0.25) is 9.69 Å². The average Bonchev–Trinajstić information content (AvgIpc) is 2.73. The molecule has 0 spiro atoms. The lowest BCUT2D eigenvalue weighted by Crippen LogP contribution is -2.39. The summed E-state index contributed by atoms with van der Waals surface area (Å²) in [5, 5.41) is 2.86. The average molecular weight is 430 g/mol. The topological polar surface area (TPSA) is 69.7 Å². The monoisotopic (exact) mass is 429 g/mol. The summed E-state index contributed by atoms with van der Waals surface area (Å²) in [6.07, 6.45) is 4.97. The maximum Gasteiger partial charge on any atom is 0.235 e. The van der Waals surface area contributed by atoms with Gasteiger partial charge in [-0.05, 0) is 42.6 Å². The fourth-order valence-electron chi connectivity index (χ4n) is 3.71. The van der Waals surface area contributed by atoms with E-state index in [1.165, 1.54) is 29.1 Å². The van der Waals surface area contributed by atoms with Crippen molar-refractivity contribution in [3.05, 3.63) is 71.3 Å². The van der Waals surface area contributed by atoms with Crippen LogP contribution in [0, 0.1) is 0 Å². The third kappa shape index (κ3) is 7.23. The van der Waals surface area contributed by atoms with Gasteiger partial charge in [0.2, 0.25) is 15.9 Å². The SMILES string of the molecule is CS(=O)(=O)N(CC(=O)NCc1cccc(CN2CCCCC2)c1)Cc1ccccc1. The molecule has 6 nitrogen and oxygen atoms in total.